The molecule has 2 amide bonds. The molecule has 214 valence electrons. The quantitative estimate of drug-likeness (QED) is 0.167. The summed E-state index contributed by atoms with van der Waals surface area (Å²) in [5.41, 5.74) is -0.421. The Kier molecular flexibility index (Phi) is 8.63. The lowest BCUT2D eigenvalue weighted by Gasteiger charge is -2.37. The van der Waals surface area contributed by atoms with Crippen molar-refractivity contribution in [3.8, 4) is 0 Å². The Balaban J connectivity index is 1.54. The van der Waals surface area contributed by atoms with E-state index >= 15 is 0 Å². The Morgan fingerprint density at radius 1 is 1.20 bits per heavy atom. The fraction of sp³-hybridized carbons (Fsp3) is 0.516. The van der Waals surface area contributed by atoms with E-state index < -0.39 is 35.6 Å². The molecule has 2 aromatic rings. The molecule has 40 heavy (non-hydrogen) atoms. The number of likely N-dealkylation sites (tertiary alicyclic amines) is 1. The summed E-state index contributed by atoms with van der Waals surface area (Å²) in [4.78, 5) is 45.0. The monoisotopic (exact) mass is 612 g/mol. The number of ether oxygens (including phenoxy) is 2. The second-order valence-electron chi connectivity index (χ2n) is 10.9. The van der Waals surface area contributed by atoms with Gasteiger partial charge in [-0.05, 0) is 49.1 Å². The molecule has 0 radical (unpaired) electrons. The predicted molar refractivity (Wildman–Crippen MR) is 156 cm³/mol. The lowest BCUT2D eigenvalue weighted by atomic mass is 9.70. The molecule has 0 aliphatic carbocycles. The SMILES string of the molecule is C=CCN(C(=O)[C@@H]1N(CCCCCCO)C(=O)[C@H]2[C@H](C(=O)OCC)[C@H]3O[C@@]12CC3Br)c1ccc2ccccc2c1. The molecule has 1 unspecified atom stereocenters. The fourth-order valence-corrected chi connectivity index (χ4v) is 7.79. The van der Waals surface area contributed by atoms with Gasteiger partial charge in [0, 0.05) is 30.2 Å². The number of unbranched alkanes of at least 4 members (excludes halogenated alkanes) is 3. The molecular weight excluding hydrogens is 576 g/mol. The molecule has 2 bridgehead atoms. The van der Waals surface area contributed by atoms with E-state index in [0.717, 1.165) is 23.6 Å². The van der Waals surface area contributed by atoms with Crippen molar-refractivity contribution in [3.63, 3.8) is 0 Å². The molecule has 3 heterocycles. The van der Waals surface area contributed by atoms with Crippen LogP contribution >= 0.6 is 15.9 Å². The zero-order valence-electron chi connectivity index (χ0n) is 22.8. The Bertz CT molecular complexity index is 1290. The minimum absolute atomic E-state index is 0.125. The third-order valence-electron chi connectivity index (χ3n) is 8.51. The van der Waals surface area contributed by atoms with E-state index in [2.05, 4.69) is 22.5 Å². The molecule has 1 N–H and O–H groups in total. The molecule has 3 saturated heterocycles. The smallest absolute Gasteiger partial charge is 0.312 e. The first kappa shape index (κ1) is 28.8. The van der Waals surface area contributed by atoms with Gasteiger partial charge in [-0.3, -0.25) is 14.4 Å². The van der Waals surface area contributed by atoms with Crippen molar-refractivity contribution in [1.82, 2.24) is 4.90 Å². The molecule has 0 saturated carbocycles. The summed E-state index contributed by atoms with van der Waals surface area (Å²) < 4.78 is 12.0. The fourth-order valence-electron chi connectivity index (χ4n) is 6.85. The number of esters is 1. The molecule has 0 aromatic heterocycles. The topological polar surface area (TPSA) is 96.4 Å². The molecule has 3 fully saturated rings. The molecular formula is C31H37BrN2O6. The van der Waals surface area contributed by atoms with Gasteiger partial charge in [-0.25, -0.2) is 0 Å². The largest absolute Gasteiger partial charge is 0.466 e. The minimum atomic E-state index is -1.13. The number of halogens is 1. The molecule has 9 heteroatoms. The van der Waals surface area contributed by atoms with Crippen molar-refractivity contribution in [2.75, 3.05) is 31.2 Å². The van der Waals surface area contributed by atoms with E-state index in [1.807, 2.05) is 42.5 Å². The standard InChI is InChI=1S/C31H37BrN2O6/c1-3-15-33(22-14-13-20-11-7-8-12-21(20)18-22)29(37)27-31-19-23(32)26(40-31)24(30(38)39-4-2)25(31)28(36)34(27)16-9-5-6-10-17-35/h3,7-8,11-14,18,23-27,35H,1,4-6,9-10,15-17,19H2,2H3/t23?,24-,25+,26-,27-,31+/m0/s1. The van der Waals surface area contributed by atoms with Gasteiger partial charge in [-0.1, -0.05) is 65.2 Å². The summed E-state index contributed by atoms with van der Waals surface area (Å²) in [6.45, 7) is 6.59. The summed E-state index contributed by atoms with van der Waals surface area (Å²) in [7, 11) is 0. The number of carbonyl (C=O) groups excluding carboxylic acids is 3. The Hall–Kier alpha value is -2.75. The molecule has 2 aromatic carbocycles. The number of aliphatic hydroxyl groups is 1. The number of hydrogen-bond donors (Lipinski definition) is 1. The van der Waals surface area contributed by atoms with Gasteiger partial charge in [0.15, 0.2) is 0 Å². The van der Waals surface area contributed by atoms with Gasteiger partial charge < -0.3 is 24.4 Å². The van der Waals surface area contributed by atoms with Gasteiger partial charge in [0.05, 0.1) is 24.5 Å². The Labute approximate surface area is 243 Å². The van der Waals surface area contributed by atoms with E-state index in [9.17, 15) is 14.4 Å². The lowest BCUT2D eigenvalue weighted by molar-refractivity contribution is -0.154. The van der Waals surface area contributed by atoms with E-state index in [1.165, 1.54) is 0 Å². The predicted octanol–water partition coefficient (Wildman–Crippen LogP) is 4.22. The van der Waals surface area contributed by atoms with Gasteiger partial charge in [0.2, 0.25) is 5.91 Å². The number of anilines is 1. The second kappa shape index (κ2) is 12.0. The van der Waals surface area contributed by atoms with E-state index in [4.69, 9.17) is 14.6 Å². The zero-order valence-corrected chi connectivity index (χ0v) is 24.4. The van der Waals surface area contributed by atoms with Crippen LogP contribution in [0.1, 0.15) is 39.0 Å². The second-order valence-corrected chi connectivity index (χ2v) is 12.0. The van der Waals surface area contributed by atoms with Crippen molar-refractivity contribution < 1.29 is 29.0 Å². The molecule has 1 spiro atoms. The molecule has 8 nitrogen and oxygen atoms in total. The van der Waals surface area contributed by atoms with Crippen LogP contribution in [0.4, 0.5) is 5.69 Å². The highest BCUT2D eigenvalue weighted by Gasteiger charge is 2.77. The van der Waals surface area contributed by atoms with Crippen molar-refractivity contribution in [2.24, 2.45) is 11.8 Å². The average Bonchev–Trinajstić information content (AvgIpc) is 3.54. The minimum Gasteiger partial charge on any atom is -0.466 e. The van der Waals surface area contributed by atoms with Gasteiger partial charge in [0.1, 0.15) is 11.6 Å². The van der Waals surface area contributed by atoms with Crippen LogP contribution < -0.4 is 4.90 Å². The number of aliphatic hydroxyl groups excluding tert-OH is 1. The van der Waals surface area contributed by atoms with E-state index in [0.29, 0.717) is 31.5 Å². The third-order valence-corrected chi connectivity index (χ3v) is 9.36. The van der Waals surface area contributed by atoms with Gasteiger partial charge >= 0.3 is 5.97 Å². The van der Waals surface area contributed by atoms with Crippen LogP contribution in [0.2, 0.25) is 0 Å². The first-order chi connectivity index (χ1) is 19.4. The molecule has 3 aliphatic heterocycles. The normalized spacial score (nSPS) is 28.6. The van der Waals surface area contributed by atoms with Crippen LogP contribution in [0.5, 0.6) is 0 Å². The maximum absolute atomic E-state index is 14.6. The molecule has 3 aliphatic rings. The summed E-state index contributed by atoms with van der Waals surface area (Å²) in [6, 6.07) is 12.9. The summed E-state index contributed by atoms with van der Waals surface area (Å²) >= 11 is 3.70. The summed E-state index contributed by atoms with van der Waals surface area (Å²) in [5, 5.41) is 11.2. The highest BCUT2D eigenvalue weighted by atomic mass is 79.9. The maximum atomic E-state index is 14.6. The van der Waals surface area contributed by atoms with Crippen molar-refractivity contribution in [1.29, 1.82) is 0 Å². The maximum Gasteiger partial charge on any atom is 0.312 e. The van der Waals surface area contributed by atoms with Crippen LogP contribution in [0.15, 0.2) is 55.1 Å². The number of hydrogen-bond acceptors (Lipinski definition) is 6. The highest BCUT2D eigenvalue weighted by Crippen LogP contribution is 2.60. The van der Waals surface area contributed by atoms with Crippen molar-refractivity contribution in [2.45, 2.75) is 61.6 Å². The number of alkyl halides is 1. The highest BCUT2D eigenvalue weighted by molar-refractivity contribution is 9.09. The number of rotatable bonds is 12. The van der Waals surface area contributed by atoms with Gasteiger partial charge in [-0.2, -0.15) is 0 Å². The van der Waals surface area contributed by atoms with E-state index in [1.54, 1.807) is 22.8 Å². The van der Waals surface area contributed by atoms with Gasteiger partial charge in [-0.15, -0.1) is 6.58 Å². The number of amides is 2. The first-order valence-corrected chi connectivity index (χ1v) is 15.1. The number of carbonyl (C=O) groups is 3. The van der Waals surface area contributed by atoms with Gasteiger partial charge in [0.25, 0.3) is 5.91 Å². The molecule has 5 rings (SSSR count). The van der Waals surface area contributed by atoms with Crippen LogP contribution in [0.3, 0.4) is 0 Å². The average molecular weight is 614 g/mol. The van der Waals surface area contributed by atoms with E-state index in [-0.39, 0.29) is 36.4 Å². The third kappa shape index (κ3) is 4.86. The van der Waals surface area contributed by atoms with Crippen molar-refractivity contribution >= 4 is 50.2 Å². The summed E-state index contributed by atoms with van der Waals surface area (Å²) in [5.74, 6) is -2.47. The van der Waals surface area contributed by atoms with Crippen LogP contribution in [0, 0.1) is 11.8 Å². The first-order valence-electron chi connectivity index (χ1n) is 14.2. The van der Waals surface area contributed by atoms with Crippen molar-refractivity contribution in [3.05, 3.63) is 55.1 Å². The zero-order chi connectivity index (χ0) is 28.4. The Morgan fingerprint density at radius 3 is 2.67 bits per heavy atom. The molecule has 6 atom stereocenters. The van der Waals surface area contributed by atoms with Crippen LogP contribution in [-0.2, 0) is 23.9 Å². The van der Waals surface area contributed by atoms with Crippen LogP contribution in [-0.4, -0.2) is 76.7 Å². The van der Waals surface area contributed by atoms with Crippen LogP contribution in [0.25, 0.3) is 10.8 Å². The number of nitrogens with zero attached hydrogens (tertiary/aromatic N) is 2. The Morgan fingerprint density at radius 2 is 1.95 bits per heavy atom. The lowest BCUT2D eigenvalue weighted by Crippen LogP contribution is -2.57. The number of benzene rings is 2. The summed E-state index contributed by atoms with van der Waals surface area (Å²) in [6.07, 6.45) is 4.61. The number of fused-ring (bicyclic) bond motifs is 2.